The van der Waals surface area contributed by atoms with Gasteiger partial charge in [0.1, 0.15) is 0 Å². The lowest BCUT2D eigenvalue weighted by Crippen LogP contribution is -1.97. The van der Waals surface area contributed by atoms with Crippen LogP contribution < -0.4 is 0 Å². The highest BCUT2D eigenvalue weighted by Gasteiger charge is 2.25. The number of hydrogen-bond acceptors (Lipinski definition) is 4. The summed E-state index contributed by atoms with van der Waals surface area (Å²) in [6, 6.07) is 30.8. The van der Waals surface area contributed by atoms with Crippen LogP contribution in [0.4, 0.5) is 0 Å². The van der Waals surface area contributed by atoms with Crippen molar-refractivity contribution in [2.75, 3.05) is 0 Å². The summed E-state index contributed by atoms with van der Waals surface area (Å²) >= 11 is 0. The smallest absolute Gasteiger partial charge is 0.166 e. The topological polar surface area (TPSA) is 80.9 Å². The monoisotopic (exact) mass is 472 g/mol. The predicted octanol–water partition coefficient (Wildman–Crippen LogP) is 6.88. The van der Waals surface area contributed by atoms with Gasteiger partial charge in [-0.3, -0.25) is 0 Å². The molecule has 0 spiro atoms. The number of aliphatic hydroxyl groups is 2. The number of fused-ring (bicyclic) bond motifs is 3. The zero-order valence-corrected chi connectivity index (χ0v) is 19.4. The molecule has 6 aromatic carbocycles. The number of benzene rings is 6. The maximum Gasteiger partial charge on any atom is 0.166 e. The molecular formula is C32H24O4. The fourth-order valence-electron chi connectivity index (χ4n) is 5.40. The van der Waals surface area contributed by atoms with E-state index in [9.17, 15) is 20.4 Å². The highest BCUT2D eigenvalue weighted by Crippen LogP contribution is 2.53. The lowest BCUT2D eigenvalue weighted by Gasteiger charge is -2.21. The van der Waals surface area contributed by atoms with Gasteiger partial charge >= 0.3 is 0 Å². The Morgan fingerprint density at radius 3 is 1.14 bits per heavy atom. The van der Waals surface area contributed by atoms with Gasteiger partial charge in [0.15, 0.2) is 11.5 Å². The van der Waals surface area contributed by atoms with Crippen molar-refractivity contribution in [3.8, 4) is 33.8 Å². The predicted molar refractivity (Wildman–Crippen MR) is 145 cm³/mol. The average molecular weight is 473 g/mol. The van der Waals surface area contributed by atoms with Crippen LogP contribution in [0.3, 0.4) is 0 Å². The van der Waals surface area contributed by atoms with Crippen molar-refractivity contribution < 1.29 is 20.4 Å². The van der Waals surface area contributed by atoms with Crippen LogP contribution in [0.2, 0.25) is 0 Å². The van der Waals surface area contributed by atoms with E-state index in [1.807, 2.05) is 97.1 Å². The minimum atomic E-state index is -0.258. The van der Waals surface area contributed by atoms with Gasteiger partial charge in [-0.05, 0) is 54.6 Å². The van der Waals surface area contributed by atoms with E-state index in [4.69, 9.17) is 0 Å². The van der Waals surface area contributed by atoms with Crippen molar-refractivity contribution in [2.24, 2.45) is 0 Å². The van der Waals surface area contributed by atoms with Crippen LogP contribution in [-0.2, 0) is 13.2 Å². The molecule has 0 radical (unpaired) electrons. The lowest BCUT2D eigenvalue weighted by molar-refractivity contribution is 0.282. The number of phenols is 2. The minimum absolute atomic E-state index is 0.214. The van der Waals surface area contributed by atoms with E-state index in [1.54, 1.807) is 0 Å². The van der Waals surface area contributed by atoms with E-state index in [-0.39, 0.29) is 24.7 Å². The van der Waals surface area contributed by atoms with Gasteiger partial charge in [0.25, 0.3) is 0 Å². The fourth-order valence-corrected chi connectivity index (χ4v) is 5.40. The van der Waals surface area contributed by atoms with Crippen molar-refractivity contribution in [3.05, 3.63) is 108 Å². The van der Waals surface area contributed by atoms with Crippen LogP contribution >= 0.6 is 0 Å². The summed E-state index contributed by atoms with van der Waals surface area (Å²) in [5, 5.41) is 48.8. The lowest BCUT2D eigenvalue weighted by atomic mass is 9.84. The zero-order chi connectivity index (χ0) is 24.8. The van der Waals surface area contributed by atoms with E-state index in [1.165, 1.54) is 0 Å². The molecule has 0 bridgehead atoms. The number of phenolic OH excluding ortho intramolecular Hbond substituents is 2. The quantitative estimate of drug-likeness (QED) is 0.211. The summed E-state index contributed by atoms with van der Waals surface area (Å²) in [6.07, 6.45) is 0. The third-order valence-corrected chi connectivity index (χ3v) is 7.03. The van der Waals surface area contributed by atoms with Crippen LogP contribution in [0, 0.1) is 0 Å². The SMILES string of the molecule is OCc1ccc2ccccc2c1-c1c(O)c(O)c(-c2c(CO)ccc3ccccc23)c2ccccc12. The molecule has 4 heteroatoms. The molecule has 4 nitrogen and oxygen atoms in total. The first-order valence-electron chi connectivity index (χ1n) is 11.8. The summed E-state index contributed by atoms with van der Waals surface area (Å²) in [5.41, 5.74) is 3.62. The van der Waals surface area contributed by atoms with Crippen molar-refractivity contribution in [2.45, 2.75) is 13.2 Å². The standard InChI is InChI=1S/C32H24O4/c33-17-21-15-13-19-7-1-3-9-23(19)27(21)29-25-11-5-6-12-26(25)30(32(36)31(29)35)28-22(18-34)16-14-20-8-2-4-10-24(20)28/h1-16,33-36H,17-18H2. The van der Waals surface area contributed by atoms with Crippen LogP contribution in [0.15, 0.2) is 97.1 Å². The van der Waals surface area contributed by atoms with E-state index < -0.39 is 0 Å². The van der Waals surface area contributed by atoms with Gasteiger partial charge < -0.3 is 20.4 Å². The molecule has 0 aliphatic heterocycles. The molecule has 6 aromatic rings. The van der Waals surface area contributed by atoms with E-state index in [2.05, 4.69) is 0 Å². The Hall–Kier alpha value is -4.38. The number of hydrogen-bond donors (Lipinski definition) is 4. The number of rotatable bonds is 4. The molecule has 0 aliphatic carbocycles. The Morgan fingerprint density at radius 2 is 0.750 bits per heavy atom. The summed E-state index contributed by atoms with van der Waals surface area (Å²) in [5.74, 6) is -0.516. The average Bonchev–Trinajstić information content (AvgIpc) is 2.93. The molecule has 0 fully saturated rings. The van der Waals surface area contributed by atoms with Crippen LogP contribution in [0.25, 0.3) is 54.6 Å². The molecule has 0 unspecified atom stereocenters. The second-order valence-corrected chi connectivity index (χ2v) is 8.95. The summed E-state index contributed by atoms with van der Waals surface area (Å²) < 4.78 is 0. The number of aliphatic hydroxyl groups excluding tert-OH is 2. The highest BCUT2D eigenvalue weighted by molar-refractivity contribution is 6.17. The first-order chi connectivity index (χ1) is 17.6. The second kappa shape index (κ2) is 8.68. The Morgan fingerprint density at radius 1 is 0.389 bits per heavy atom. The Balaban J connectivity index is 1.80. The van der Waals surface area contributed by atoms with E-state index in [0.717, 1.165) is 32.3 Å². The largest absolute Gasteiger partial charge is 0.504 e. The molecular weight excluding hydrogens is 448 g/mol. The maximum atomic E-state index is 11.6. The van der Waals surface area contributed by atoms with Crippen molar-refractivity contribution >= 4 is 32.3 Å². The Bertz CT molecular complexity index is 1650. The van der Waals surface area contributed by atoms with Gasteiger partial charge in [0.2, 0.25) is 0 Å². The van der Waals surface area contributed by atoms with Gasteiger partial charge in [-0.25, -0.2) is 0 Å². The first kappa shape index (κ1) is 22.1. The molecule has 0 heterocycles. The first-order valence-corrected chi connectivity index (χ1v) is 11.8. The fraction of sp³-hybridized carbons (Fsp3) is 0.0625. The molecule has 4 N–H and O–H groups in total. The van der Waals surface area contributed by atoms with Gasteiger partial charge in [0.05, 0.1) is 13.2 Å². The molecule has 0 aromatic heterocycles. The van der Waals surface area contributed by atoms with Crippen LogP contribution in [0.5, 0.6) is 11.5 Å². The third-order valence-electron chi connectivity index (χ3n) is 7.03. The molecule has 0 amide bonds. The van der Waals surface area contributed by atoms with Crippen molar-refractivity contribution in [3.63, 3.8) is 0 Å². The normalized spacial score (nSPS) is 11.5. The van der Waals surface area contributed by atoms with Gasteiger partial charge in [0, 0.05) is 11.1 Å². The Labute approximate surface area is 207 Å². The van der Waals surface area contributed by atoms with Gasteiger partial charge in [-0.15, -0.1) is 0 Å². The molecule has 176 valence electrons. The number of aromatic hydroxyl groups is 2. The zero-order valence-electron chi connectivity index (χ0n) is 19.4. The molecule has 0 saturated carbocycles. The highest BCUT2D eigenvalue weighted by atomic mass is 16.3. The van der Waals surface area contributed by atoms with E-state index in [0.29, 0.717) is 33.4 Å². The summed E-state index contributed by atoms with van der Waals surface area (Å²) in [6.45, 7) is -0.428. The van der Waals surface area contributed by atoms with Gasteiger partial charge in [-0.1, -0.05) is 97.1 Å². The van der Waals surface area contributed by atoms with Gasteiger partial charge in [-0.2, -0.15) is 0 Å². The summed E-state index contributed by atoms with van der Waals surface area (Å²) in [4.78, 5) is 0. The Kier molecular flexibility index (Phi) is 5.33. The van der Waals surface area contributed by atoms with E-state index >= 15 is 0 Å². The molecule has 6 rings (SSSR count). The molecule has 36 heavy (non-hydrogen) atoms. The maximum absolute atomic E-state index is 11.6. The molecule has 0 saturated heterocycles. The third kappa shape index (κ3) is 3.23. The van der Waals surface area contributed by atoms with Crippen LogP contribution in [-0.4, -0.2) is 20.4 Å². The molecule has 0 aliphatic rings. The second-order valence-electron chi connectivity index (χ2n) is 8.95. The summed E-state index contributed by atoms with van der Waals surface area (Å²) in [7, 11) is 0. The van der Waals surface area contributed by atoms with Crippen LogP contribution in [0.1, 0.15) is 11.1 Å². The van der Waals surface area contributed by atoms with Crippen molar-refractivity contribution in [1.82, 2.24) is 0 Å². The van der Waals surface area contributed by atoms with Crippen molar-refractivity contribution in [1.29, 1.82) is 0 Å². The minimum Gasteiger partial charge on any atom is -0.504 e. The molecule has 0 atom stereocenters.